The van der Waals surface area contributed by atoms with Crippen LogP contribution in [0, 0.1) is 17.0 Å². The van der Waals surface area contributed by atoms with Gasteiger partial charge in [0.15, 0.2) is 0 Å². The van der Waals surface area contributed by atoms with E-state index in [1.165, 1.54) is 17.0 Å². The second-order valence-electron chi connectivity index (χ2n) is 12.5. The van der Waals surface area contributed by atoms with Crippen LogP contribution in [0.25, 0.3) is 0 Å². The molecule has 1 saturated carbocycles. The van der Waals surface area contributed by atoms with E-state index in [1.54, 1.807) is 12.1 Å². The lowest BCUT2D eigenvalue weighted by Crippen LogP contribution is -2.48. The van der Waals surface area contributed by atoms with E-state index in [-0.39, 0.29) is 28.9 Å². The molecule has 4 atom stereocenters. The average Bonchev–Trinajstić information content (AvgIpc) is 3.57. The summed E-state index contributed by atoms with van der Waals surface area (Å²) in [6.45, 7) is 4.34. The van der Waals surface area contributed by atoms with Crippen LogP contribution in [0.2, 0.25) is 0 Å². The van der Waals surface area contributed by atoms with Gasteiger partial charge in [-0.15, -0.1) is 0 Å². The molecule has 0 aromatic heterocycles. The monoisotopic (exact) mass is 582 g/mol. The van der Waals surface area contributed by atoms with E-state index in [2.05, 4.69) is 5.32 Å². The van der Waals surface area contributed by atoms with Gasteiger partial charge in [-0.2, -0.15) is 0 Å². The van der Waals surface area contributed by atoms with Gasteiger partial charge in [-0.05, 0) is 79.8 Å². The highest BCUT2D eigenvalue weighted by atomic mass is 19.3. The quantitative estimate of drug-likeness (QED) is 0.280. The van der Waals surface area contributed by atoms with Crippen LogP contribution in [0.5, 0.6) is 11.5 Å². The number of hydrogen-bond acceptors (Lipinski definition) is 4. The first-order valence-electron chi connectivity index (χ1n) is 14.9. The van der Waals surface area contributed by atoms with Crippen LogP contribution >= 0.6 is 0 Å². The Kier molecular flexibility index (Phi) is 7.96. The van der Waals surface area contributed by atoms with Crippen LogP contribution in [-0.4, -0.2) is 42.6 Å². The van der Waals surface area contributed by atoms with Crippen molar-refractivity contribution in [3.05, 3.63) is 94.6 Å². The normalized spacial score (nSPS) is 26.0. The van der Waals surface area contributed by atoms with Gasteiger partial charge in [-0.3, -0.25) is 4.90 Å². The van der Waals surface area contributed by atoms with Gasteiger partial charge in [-0.25, -0.2) is 17.6 Å². The zero-order valence-electron chi connectivity index (χ0n) is 24.1. The number of nitrogens with zero attached hydrogens (tertiary/aromatic N) is 1. The molecule has 2 heterocycles. The Morgan fingerprint density at radius 3 is 2.45 bits per heavy atom. The molecule has 0 radical (unpaired) electrons. The van der Waals surface area contributed by atoms with Gasteiger partial charge in [0.05, 0.1) is 18.7 Å². The summed E-state index contributed by atoms with van der Waals surface area (Å²) in [4.78, 5) is 1.52. The molecule has 3 aromatic carbocycles. The van der Waals surface area contributed by atoms with Crippen LogP contribution in [0.4, 0.5) is 17.6 Å². The molecule has 1 aliphatic carbocycles. The fourth-order valence-electron chi connectivity index (χ4n) is 7.13. The maximum atomic E-state index is 15.9. The summed E-state index contributed by atoms with van der Waals surface area (Å²) in [5.74, 6) is -3.87. The maximum Gasteiger partial charge on any atom is 0.257 e. The van der Waals surface area contributed by atoms with Crippen molar-refractivity contribution in [1.29, 1.82) is 0 Å². The Hall–Kier alpha value is -3.10. The summed E-state index contributed by atoms with van der Waals surface area (Å²) in [6.07, 6.45) is 4.16. The van der Waals surface area contributed by atoms with Crippen molar-refractivity contribution < 1.29 is 27.0 Å². The van der Waals surface area contributed by atoms with Gasteiger partial charge in [0.25, 0.3) is 5.92 Å². The third kappa shape index (κ3) is 6.16. The molecular formula is C34H38F4N2O2. The molecule has 4 nitrogen and oxygen atoms in total. The topological polar surface area (TPSA) is 33.7 Å². The predicted octanol–water partition coefficient (Wildman–Crippen LogP) is 7.45. The van der Waals surface area contributed by atoms with Gasteiger partial charge in [0.2, 0.25) is 0 Å². The van der Waals surface area contributed by atoms with E-state index in [0.29, 0.717) is 24.3 Å². The van der Waals surface area contributed by atoms with Crippen LogP contribution in [0.3, 0.4) is 0 Å². The zero-order chi connectivity index (χ0) is 29.5. The first-order chi connectivity index (χ1) is 20.1. The molecule has 3 unspecified atom stereocenters. The van der Waals surface area contributed by atoms with Crippen molar-refractivity contribution in [2.24, 2.45) is 5.41 Å². The Labute approximate surface area is 245 Å². The lowest BCUT2D eigenvalue weighted by Gasteiger charge is -2.43. The number of hydrogen-bond donors (Lipinski definition) is 1. The summed E-state index contributed by atoms with van der Waals surface area (Å²) < 4.78 is 72.7. The van der Waals surface area contributed by atoms with Gasteiger partial charge < -0.3 is 14.8 Å². The zero-order valence-corrected chi connectivity index (χ0v) is 24.1. The Balaban J connectivity index is 1.29. The second kappa shape index (κ2) is 11.5. The van der Waals surface area contributed by atoms with E-state index in [0.717, 1.165) is 56.8 Å². The van der Waals surface area contributed by atoms with Crippen LogP contribution < -0.4 is 14.8 Å². The Morgan fingerprint density at radius 1 is 1.00 bits per heavy atom. The SMILES string of the molecule is C[C@@H]1Cc2cc(OCc3ccccc3)ccc2C(c2c(F)cc(OC3CCC4(CCNC4)C3)cc2F)N1CC(C)(F)F. The molecule has 3 aliphatic rings. The van der Waals surface area contributed by atoms with Crippen molar-refractivity contribution >= 4 is 0 Å². The van der Waals surface area contributed by atoms with Crippen molar-refractivity contribution in [3.8, 4) is 11.5 Å². The van der Waals surface area contributed by atoms with Crippen molar-refractivity contribution in [1.82, 2.24) is 10.2 Å². The molecule has 224 valence electrons. The molecule has 1 N–H and O–H groups in total. The molecule has 1 spiro atoms. The van der Waals surface area contributed by atoms with Crippen molar-refractivity contribution in [3.63, 3.8) is 0 Å². The molecule has 6 rings (SSSR count). The summed E-state index contributed by atoms with van der Waals surface area (Å²) in [5, 5.41) is 3.41. The van der Waals surface area contributed by atoms with Gasteiger partial charge in [-0.1, -0.05) is 36.4 Å². The van der Waals surface area contributed by atoms with Crippen LogP contribution in [-0.2, 0) is 13.0 Å². The smallest absolute Gasteiger partial charge is 0.257 e. The second-order valence-corrected chi connectivity index (χ2v) is 12.5. The van der Waals surface area contributed by atoms with Crippen molar-refractivity contribution in [2.45, 2.75) is 76.7 Å². The number of fused-ring (bicyclic) bond motifs is 1. The highest BCUT2D eigenvalue weighted by Crippen LogP contribution is 2.46. The van der Waals surface area contributed by atoms with E-state index in [4.69, 9.17) is 9.47 Å². The van der Waals surface area contributed by atoms with E-state index >= 15 is 8.78 Å². The Bertz CT molecular complexity index is 1380. The standard InChI is InChI=1S/C34H38F4N2O2/c1-22-14-24-15-25(41-19-23-6-4-3-5-7-23)8-9-28(24)32(40(22)21-33(2,37)38)31-29(35)16-27(17-30(31)36)42-26-10-11-34(18-26)12-13-39-20-34/h3-9,15-17,22,26,32,39H,10-14,18-21H2,1-2H3/t22-,26?,32?,34?/m1/s1. The molecule has 3 aromatic rings. The van der Waals surface area contributed by atoms with Gasteiger partial charge in [0, 0.05) is 37.2 Å². The summed E-state index contributed by atoms with van der Waals surface area (Å²) in [7, 11) is 0. The third-order valence-corrected chi connectivity index (χ3v) is 9.15. The predicted molar refractivity (Wildman–Crippen MR) is 154 cm³/mol. The summed E-state index contributed by atoms with van der Waals surface area (Å²) in [6, 6.07) is 16.1. The number of rotatable bonds is 8. The molecular weight excluding hydrogens is 544 g/mol. The van der Waals surface area contributed by atoms with Crippen LogP contribution in [0.1, 0.15) is 67.8 Å². The van der Waals surface area contributed by atoms with Gasteiger partial charge >= 0.3 is 0 Å². The minimum Gasteiger partial charge on any atom is -0.490 e. The molecule has 0 bridgehead atoms. The number of alkyl halides is 2. The van der Waals surface area contributed by atoms with Crippen molar-refractivity contribution in [2.75, 3.05) is 19.6 Å². The first kappa shape index (κ1) is 29.0. The van der Waals surface area contributed by atoms with Gasteiger partial charge in [0.1, 0.15) is 29.7 Å². The molecule has 42 heavy (non-hydrogen) atoms. The van der Waals surface area contributed by atoms with E-state index < -0.39 is 30.1 Å². The lowest BCUT2D eigenvalue weighted by atomic mass is 9.84. The highest BCUT2D eigenvalue weighted by Gasteiger charge is 2.43. The summed E-state index contributed by atoms with van der Waals surface area (Å²) in [5.41, 5.74) is 2.41. The molecule has 2 aliphatic heterocycles. The minimum atomic E-state index is -3.05. The third-order valence-electron chi connectivity index (χ3n) is 9.15. The van der Waals surface area contributed by atoms with Crippen LogP contribution in [0.15, 0.2) is 60.7 Å². The number of ether oxygens (including phenoxy) is 2. The molecule has 1 saturated heterocycles. The molecule has 0 amide bonds. The lowest BCUT2D eigenvalue weighted by molar-refractivity contribution is -0.0371. The fourth-order valence-corrected chi connectivity index (χ4v) is 7.13. The fraction of sp³-hybridized carbons (Fsp3) is 0.471. The molecule has 2 fully saturated rings. The number of benzene rings is 3. The highest BCUT2D eigenvalue weighted by molar-refractivity contribution is 5.46. The maximum absolute atomic E-state index is 15.9. The first-order valence-corrected chi connectivity index (χ1v) is 14.9. The minimum absolute atomic E-state index is 0.102. The number of nitrogens with one attached hydrogen (secondary N) is 1. The van der Waals surface area contributed by atoms with E-state index in [1.807, 2.05) is 43.3 Å². The largest absolute Gasteiger partial charge is 0.490 e. The average molecular weight is 583 g/mol. The number of halogens is 4. The molecule has 8 heteroatoms. The van der Waals surface area contributed by atoms with E-state index in [9.17, 15) is 8.78 Å². The Morgan fingerprint density at radius 2 is 1.76 bits per heavy atom. The summed E-state index contributed by atoms with van der Waals surface area (Å²) >= 11 is 0.